The van der Waals surface area contributed by atoms with Gasteiger partial charge in [-0.3, -0.25) is 19.9 Å². The molecule has 0 spiro atoms. The summed E-state index contributed by atoms with van der Waals surface area (Å²) in [4.78, 5) is 26.1. The van der Waals surface area contributed by atoms with Crippen LogP contribution in [0.2, 0.25) is 0 Å². The highest BCUT2D eigenvalue weighted by atomic mass is 79.9. The van der Waals surface area contributed by atoms with Crippen LogP contribution in [-0.4, -0.2) is 15.8 Å². The van der Waals surface area contributed by atoms with E-state index in [9.17, 15) is 14.9 Å². The van der Waals surface area contributed by atoms with Gasteiger partial charge in [-0.25, -0.2) is 0 Å². The summed E-state index contributed by atoms with van der Waals surface area (Å²) < 4.78 is 0.335. The smallest absolute Gasteiger partial charge is 0.285 e. The number of carbonyl (C=O) groups excluding carboxylic acids is 1. The van der Waals surface area contributed by atoms with Crippen LogP contribution in [0.1, 0.15) is 10.4 Å². The number of amides is 1. The molecule has 0 bridgehead atoms. The number of aromatic nitrogens is 1. The summed E-state index contributed by atoms with van der Waals surface area (Å²) in [7, 11) is 0. The van der Waals surface area contributed by atoms with Gasteiger partial charge in [0, 0.05) is 29.8 Å². The minimum absolute atomic E-state index is 0.137. The van der Waals surface area contributed by atoms with Gasteiger partial charge in [0.15, 0.2) is 0 Å². The molecule has 7 nitrogen and oxygen atoms in total. The molecule has 8 heteroatoms. The summed E-state index contributed by atoms with van der Waals surface area (Å²) in [5.74, 6) is -0.479. The van der Waals surface area contributed by atoms with Gasteiger partial charge in [-0.05, 0) is 34.1 Å². The zero-order valence-corrected chi connectivity index (χ0v) is 11.6. The first kappa shape index (κ1) is 13.9. The van der Waals surface area contributed by atoms with Crippen molar-refractivity contribution in [2.45, 2.75) is 0 Å². The van der Waals surface area contributed by atoms with Crippen LogP contribution < -0.4 is 11.1 Å². The van der Waals surface area contributed by atoms with E-state index < -0.39 is 10.8 Å². The normalized spacial score (nSPS) is 10.1. The number of halogens is 1. The van der Waals surface area contributed by atoms with Crippen molar-refractivity contribution in [3.8, 4) is 0 Å². The lowest BCUT2D eigenvalue weighted by Gasteiger charge is -2.07. The van der Waals surface area contributed by atoms with E-state index in [1.54, 1.807) is 6.07 Å². The van der Waals surface area contributed by atoms with Gasteiger partial charge < -0.3 is 11.1 Å². The van der Waals surface area contributed by atoms with Gasteiger partial charge in [0.2, 0.25) is 0 Å². The average Bonchev–Trinajstić information content (AvgIpc) is 2.41. The van der Waals surface area contributed by atoms with Crippen molar-refractivity contribution < 1.29 is 9.72 Å². The third kappa shape index (κ3) is 2.91. The molecule has 0 aliphatic carbocycles. The summed E-state index contributed by atoms with van der Waals surface area (Å²) in [5.41, 5.74) is 6.31. The van der Waals surface area contributed by atoms with Crippen molar-refractivity contribution in [1.82, 2.24) is 4.98 Å². The molecule has 1 heterocycles. The van der Waals surface area contributed by atoms with Crippen molar-refractivity contribution in [1.29, 1.82) is 0 Å². The van der Waals surface area contributed by atoms with E-state index in [1.807, 2.05) is 0 Å². The molecule has 0 aliphatic rings. The molecule has 3 N–H and O–H groups in total. The zero-order valence-electron chi connectivity index (χ0n) is 10.0. The fraction of sp³-hybridized carbons (Fsp3) is 0. The maximum absolute atomic E-state index is 12.0. The van der Waals surface area contributed by atoms with Crippen molar-refractivity contribution in [2.75, 3.05) is 11.1 Å². The van der Waals surface area contributed by atoms with Crippen LogP contribution in [0.15, 0.2) is 41.1 Å². The Bertz CT molecular complexity index is 690. The monoisotopic (exact) mass is 336 g/mol. The van der Waals surface area contributed by atoms with Crippen LogP contribution in [-0.2, 0) is 0 Å². The molecule has 0 aliphatic heterocycles. The predicted octanol–water partition coefficient (Wildman–Crippen LogP) is 2.59. The molecule has 1 aromatic carbocycles. The maximum atomic E-state index is 12.0. The molecule has 0 radical (unpaired) electrons. The number of hydrogen-bond acceptors (Lipinski definition) is 5. The van der Waals surface area contributed by atoms with Crippen LogP contribution in [0.5, 0.6) is 0 Å². The molecule has 1 amide bonds. The highest BCUT2D eigenvalue weighted by Gasteiger charge is 2.15. The van der Waals surface area contributed by atoms with E-state index >= 15 is 0 Å². The van der Waals surface area contributed by atoms with Crippen molar-refractivity contribution in [2.24, 2.45) is 0 Å². The Morgan fingerprint density at radius 3 is 2.80 bits per heavy atom. The molecule has 0 saturated carbocycles. The van der Waals surface area contributed by atoms with Gasteiger partial charge in [0.1, 0.15) is 0 Å². The second-order valence-corrected chi connectivity index (χ2v) is 4.69. The minimum Gasteiger partial charge on any atom is -0.398 e. The molecule has 20 heavy (non-hydrogen) atoms. The Balaban J connectivity index is 2.27. The number of hydrogen-bond donors (Lipinski definition) is 2. The number of anilines is 2. The first-order valence-corrected chi connectivity index (χ1v) is 6.23. The molecular formula is C12H9BrN4O3. The van der Waals surface area contributed by atoms with Crippen molar-refractivity contribution >= 4 is 38.9 Å². The topological polar surface area (TPSA) is 111 Å². The van der Waals surface area contributed by atoms with Crippen molar-refractivity contribution in [3.63, 3.8) is 0 Å². The minimum atomic E-state index is -0.543. The Hall–Kier alpha value is -2.48. The number of nitrogen functional groups attached to an aromatic ring is 1. The van der Waals surface area contributed by atoms with Crippen LogP contribution in [0.25, 0.3) is 0 Å². The highest BCUT2D eigenvalue weighted by molar-refractivity contribution is 9.10. The Labute approximate surface area is 122 Å². The van der Waals surface area contributed by atoms with Crippen LogP contribution in [0, 0.1) is 10.1 Å². The standard InChI is InChI=1S/C12H9BrN4O3/c13-9-2-1-7(5-11(9)17(19)20)16-12(18)8-6-15-4-3-10(8)14/h1-6H,(H2,14,15)(H,16,18). The molecule has 2 aromatic rings. The van der Waals surface area contributed by atoms with Gasteiger partial charge in [0.05, 0.1) is 15.0 Å². The fourth-order valence-corrected chi connectivity index (χ4v) is 1.92. The van der Waals surface area contributed by atoms with Crippen molar-refractivity contribution in [3.05, 3.63) is 56.8 Å². The lowest BCUT2D eigenvalue weighted by atomic mass is 10.2. The van der Waals surface area contributed by atoms with E-state index in [1.165, 1.54) is 30.6 Å². The summed E-state index contributed by atoms with van der Waals surface area (Å²) in [6, 6.07) is 5.79. The highest BCUT2D eigenvalue weighted by Crippen LogP contribution is 2.28. The second-order valence-electron chi connectivity index (χ2n) is 3.84. The number of carbonyl (C=O) groups is 1. The number of nitro groups is 1. The van der Waals surface area contributed by atoms with E-state index in [0.29, 0.717) is 10.2 Å². The Morgan fingerprint density at radius 1 is 1.40 bits per heavy atom. The number of benzene rings is 1. The third-order valence-corrected chi connectivity index (χ3v) is 3.17. The largest absolute Gasteiger partial charge is 0.398 e. The lowest BCUT2D eigenvalue weighted by Crippen LogP contribution is -2.14. The quantitative estimate of drug-likeness (QED) is 0.660. The molecule has 1 aromatic heterocycles. The van der Waals surface area contributed by atoms with E-state index in [4.69, 9.17) is 5.73 Å². The lowest BCUT2D eigenvalue weighted by molar-refractivity contribution is -0.385. The van der Waals surface area contributed by atoms with E-state index in [0.717, 1.165) is 0 Å². The number of nitro benzene ring substituents is 1. The average molecular weight is 337 g/mol. The Kier molecular flexibility index (Phi) is 3.94. The predicted molar refractivity (Wildman–Crippen MR) is 77.4 cm³/mol. The van der Waals surface area contributed by atoms with Crippen LogP contribution in [0.4, 0.5) is 17.1 Å². The summed E-state index contributed by atoms with van der Waals surface area (Å²) in [5, 5.41) is 13.4. The van der Waals surface area contributed by atoms with Gasteiger partial charge in [-0.15, -0.1) is 0 Å². The van der Waals surface area contributed by atoms with Crippen LogP contribution >= 0.6 is 15.9 Å². The van der Waals surface area contributed by atoms with E-state index in [2.05, 4.69) is 26.2 Å². The van der Waals surface area contributed by atoms with Gasteiger partial charge in [-0.1, -0.05) is 0 Å². The molecule has 0 fully saturated rings. The van der Waals surface area contributed by atoms with Gasteiger partial charge in [0.25, 0.3) is 11.6 Å². The zero-order chi connectivity index (χ0) is 14.7. The number of nitrogens with zero attached hydrogens (tertiary/aromatic N) is 2. The number of pyridine rings is 1. The maximum Gasteiger partial charge on any atom is 0.285 e. The molecule has 0 unspecified atom stereocenters. The fourth-order valence-electron chi connectivity index (χ4n) is 1.52. The second kappa shape index (κ2) is 5.66. The molecule has 2 rings (SSSR count). The number of nitrogens with one attached hydrogen (secondary N) is 1. The summed E-state index contributed by atoms with van der Waals surface area (Å²) in [6.07, 6.45) is 2.80. The Morgan fingerprint density at radius 2 is 2.15 bits per heavy atom. The molecular weight excluding hydrogens is 328 g/mol. The summed E-state index contributed by atoms with van der Waals surface area (Å²) >= 11 is 3.07. The van der Waals surface area contributed by atoms with Gasteiger partial charge in [-0.2, -0.15) is 0 Å². The number of nitrogens with two attached hydrogens (primary N) is 1. The van der Waals surface area contributed by atoms with E-state index in [-0.39, 0.29) is 16.9 Å². The first-order chi connectivity index (χ1) is 9.49. The first-order valence-electron chi connectivity index (χ1n) is 5.44. The summed E-state index contributed by atoms with van der Waals surface area (Å²) in [6.45, 7) is 0. The van der Waals surface area contributed by atoms with Gasteiger partial charge >= 0.3 is 0 Å². The molecule has 102 valence electrons. The number of rotatable bonds is 3. The SMILES string of the molecule is Nc1ccncc1C(=O)Nc1ccc(Br)c([N+](=O)[O-])c1. The molecule has 0 atom stereocenters. The third-order valence-electron chi connectivity index (χ3n) is 2.50. The molecule has 0 saturated heterocycles. The van der Waals surface area contributed by atoms with Crippen LogP contribution in [0.3, 0.4) is 0 Å².